The number of halogens is 1. The third-order valence-electron chi connectivity index (χ3n) is 3.77. The van der Waals surface area contributed by atoms with Crippen molar-refractivity contribution in [3.8, 4) is 5.75 Å². The van der Waals surface area contributed by atoms with Crippen molar-refractivity contribution < 1.29 is 9.13 Å². The maximum atomic E-state index is 14.5. The Morgan fingerprint density at radius 3 is 2.81 bits per heavy atom. The highest BCUT2D eigenvalue weighted by Gasteiger charge is 2.31. The van der Waals surface area contributed by atoms with Crippen LogP contribution in [-0.2, 0) is 6.42 Å². The fourth-order valence-electron chi connectivity index (χ4n) is 2.72. The number of nitrogens with one attached hydrogen (secondary N) is 1. The number of benzene rings is 2. The Bertz CT molecular complexity index is 625. The lowest BCUT2D eigenvalue weighted by atomic mass is 9.98. The number of fused-ring (bicyclic) bond motifs is 1. The fraction of sp³-hybridized carbons (Fsp3) is 0.250. The summed E-state index contributed by atoms with van der Waals surface area (Å²) in [6.45, 7) is 0. The van der Waals surface area contributed by atoms with Crippen molar-refractivity contribution in [1.29, 1.82) is 0 Å². The quantitative estimate of drug-likeness (QED) is 0.673. The second-order valence-corrected chi connectivity index (χ2v) is 6.26. The first kappa shape index (κ1) is 14.4. The molecule has 0 radical (unpaired) electrons. The van der Waals surface area contributed by atoms with Gasteiger partial charge in [0.1, 0.15) is 0 Å². The van der Waals surface area contributed by atoms with Gasteiger partial charge in [-0.1, -0.05) is 30.3 Å². The minimum Gasteiger partial charge on any atom is -0.494 e. The smallest absolute Gasteiger partial charge is 0.169 e. The van der Waals surface area contributed by atoms with E-state index >= 15 is 0 Å². The Balaban J connectivity index is 1.91. The third kappa shape index (κ3) is 2.64. The Morgan fingerprint density at radius 2 is 2.10 bits per heavy atom. The molecule has 110 valence electrons. The van der Waals surface area contributed by atoms with E-state index in [9.17, 15) is 4.39 Å². The summed E-state index contributed by atoms with van der Waals surface area (Å²) in [6.07, 6.45) is 0.867. The van der Waals surface area contributed by atoms with E-state index in [-0.39, 0.29) is 22.9 Å². The summed E-state index contributed by atoms with van der Waals surface area (Å²) in [5, 5.41) is 0.161. The molecule has 3 N–H and O–H groups in total. The van der Waals surface area contributed by atoms with Gasteiger partial charge in [-0.25, -0.2) is 4.39 Å². The van der Waals surface area contributed by atoms with Crippen LogP contribution in [0.4, 0.5) is 4.39 Å². The van der Waals surface area contributed by atoms with Crippen LogP contribution in [0.25, 0.3) is 0 Å². The number of hydrogen-bond acceptors (Lipinski definition) is 4. The molecule has 0 amide bonds. The fourth-order valence-corrected chi connectivity index (χ4v) is 4.13. The van der Waals surface area contributed by atoms with Gasteiger partial charge in [0.05, 0.1) is 13.2 Å². The van der Waals surface area contributed by atoms with E-state index in [4.69, 9.17) is 10.6 Å². The molecule has 5 heteroatoms. The van der Waals surface area contributed by atoms with E-state index in [1.54, 1.807) is 30.0 Å². The number of hydrazine groups is 1. The number of hydrogen-bond donors (Lipinski definition) is 2. The van der Waals surface area contributed by atoms with Crippen molar-refractivity contribution >= 4 is 11.8 Å². The molecule has 1 heterocycles. The summed E-state index contributed by atoms with van der Waals surface area (Å²) in [7, 11) is 1.47. The van der Waals surface area contributed by atoms with Crippen LogP contribution in [0.1, 0.15) is 17.2 Å². The van der Waals surface area contributed by atoms with Crippen LogP contribution in [0.2, 0.25) is 0 Å². The number of ether oxygens (including phenoxy) is 1. The molecule has 0 aromatic heterocycles. The van der Waals surface area contributed by atoms with Gasteiger partial charge in [-0.3, -0.25) is 11.3 Å². The predicted molar refractivity (Wildman–Crippen MR) is 82.8 cm³/mol. The Labute approximate surface area is 127 Å². The van der Waals surface area contributed by atoms with Gasteiger partial charge in [-0.05, 0) is 24.1 Å². The summed E-state index contributed by atoms with van der Waals surface area (Å²) >= 11 is 1.74. The maximum Gasteiger partial charge on any atom is 0.169 e. The van der Waals surface area contributed by atoms with Gasteiger partial charge in [-0.15, -0.1) is 11.8 Å². The van der Waals surface area contributed by atoms with Gasteiger partial charge in [0.15, 0.2) is 11.6 Å². The number of thioether (sulfide) groups is 1. The molecular weight excluding hydrogens is 287 g/mol. The first-order chi connectivity index (χ1) is 10.2. The first-order valence-corrected chi connectivity index (χ1v) is 7.65. The van der Waals surface area contributed by atoms with Crippen LogP contribution >= 0.6 is 11.8 Å². The summed E-state index contributed by atoms with van der Waals surface area (Å²) in [4.78, 5) is 1.24. The highest BCUT2D eigenvalue weighted by molar-refractivity contribution is 8.00. The minimum absolute atomic E-state index is 0.161. The van der Waals surface area contributed by atoms with Crippen LogP contribution < -0.4 is 16.0 Å². The van der Waals surface area contributed by atoms with Crippen molar-refractivity contribution in [3.63, 3.8) is 0 Å². The van der Waals surface area contributed by atoms with Gasteiger partial charge >= 0.3 is 0 Å². The molecule has 0 spiro atoms. The van der Waals surface area contributed by atoms with Gasteiger partial charge in [0.25, 0.3) is 0 Å². The largest absolute Gasteiger partial charge is 0.494 e. The van der Waals surface area contributed by atoms with E-state index < -0.39 is 0 Å². The van der Waals surface area contributed by atoms with E-state index in [0.29, 0.717) is 5.56 Å². The lowest BCUT2D eigenvalue weighted by Gasteiger charge is -2.23. The maximum absolute atomic E-state index is 14.5. The Kier molecular flexibility index (Phi) is 4.14. The Hall–Kier alpha value is -1.56. The van der Waals surface area contributed by atoms with Crippen molar-refractivity contribution in [2.45, 2.75) is 22.6 Å². The minimum atomic E-state index is -0.348. The number of methoxy groups -OCH3 is 1. The zero-order valence-corrected chi connectivity index (χ0v) is 12.5. The molecule has 2 aromatic carbocycles. The van der Waals surface area contributed by atoms with Crippen LogP contribution in [-0.4, -0.2) is 12.4 Å². The van der Waals surface area contributed by atoms with Crippen LogP contribution in [0.15, 0.2) is 47.4 Å². The molecule has 2 aromatic rings. The second-order valence-electron chi connectivity index (χ2n) is 4.98. The average molecular weight is 304 g/mol. The molecule has 1 aliphatic rings. The number of nitrogens with two attached hydrogens (primary N) is 1. The zero-order chi connectivity index (χ0) is 14.8. The predicted octanol–water partition coefficient (Wildman–Crippen LogP) is 3.06. The van der Waals surface area contributed by atoms with Crippen LogP contribution in [0, 0.1) is 5.82 Å². The molecule has 0 bridgehead atoms. The molecule has 1 aliphatic heterocycles. The van der Waals surface area contributed by atoms with E-state index in [2.05, 4.69) is 17.6 Å². The van der Waals surface area contributed by atoms with Crippen molar-refractivity contribution in [2.75, 3.05) is 7.11 Å². The molecular formula is C16H17FN2OS. The molecule has 0 fully saturated rings. The zero-order valence-electron chi connectivity index (χ0n) is 11.7. The molecule has 0 aliphatic carbocycles. The second kappa shape index (κ2) is 6.05. The lowest BCUT2D eigenvalue weighted by molar-refractivity contribution is 0.379. The molecule has 2 unspecified atom stereocenters. The lowest BCUT2D eigenvalue weighted by Crippen LogP contribution is -2.35. The topological polar surface area (TPSA) is 47.3 Å². The third-order valence-corrected chi connectivity index (χ3v) is 5.17. The van der Waals surface area contributed by atoms with Gasteiger partial charge in [0.2, 0.25) is 0 Å². The standard InChI is InChI=1S/C16H17FN2OS/c1-20-12-7-4-6-11(15(12)17)16(19-18)14-9-10-5-2-3-8-13(10)21-14/h2-8,14,16,19H,9,18H2,1H3. The van der Waals surface area contributed by atoms with Gasteiger partial charge < -0.3 is 4.74 Å². The molecule has 0 saturated carbocycles. The van der Waals surface area contributed by atoms with Crippen LogP contribution in [0.5, 0.6) is 5.75 Å². The molecule has 0 saturated heterocycles. The average Bonchev–Trinajstić information content (AvgIpc) is 2.93. The van der Waals surface area contributed by atoms with E-state index in [1.807, 2.05) is 12.1 Å². The highest BCUT2D eigenvalue weighted by atomic mass is 32.2. The van der Waals surface area contributed by atoms with Crippen molar-refractivity contribution in [3.05, 3.63) is 59.4 Å². The SMILES string of the molecule is COc1cccc(C(NN)C2Cc3ccccc3S2)c1F. The monoisotopic (exact) mass is 304 g/mol. The van der Waals surface area contributed by atoms with Crippen molar-refractivity contribution in [2.24, 2.45) is 5.84 Å². The van der Waals surface area contributed by atoms with E-state index in [1.165, 1.54) is 17.6 Å². The van der Waals surface area contributed by atoms with Crippen molar-refractivity contribution in [1.82, 2.24) is 5.43 Å². The molecule has 2 atom stereocenters. The van der Waals surface area contributed by atoms with Crippen LogP contribution in [0.3, 0.4) is 0 Å². The van der Waals surface area contributed by atoms with Gasteiger partial charge in [0, 0.05) is 15.7 Å². The first-order valence-electron chi connectivity index (χ1n) is 6.77. The summed E-state index contributed by atoms with van der Waals surface area (Å²) in [6, 6.07) is 13.1. The highest BCUT2D eigenvalue weighted by Crippen LogP contribution is 2.43. The molecule has 21 heavy (non-hydrogen) atoms. The van der Waals surface area contributed by atoms with E-state index in [0.717, 1.165) is 6.42 Å². The molecule has 3 nitrogen and oxygen atoms in total. The Morgan fingerprint density at radius 1 is 1.29 bits per heavy atom. The summed E-state index contributed by atoms with van der Waals surface area (Å²) in [5.74, 6) is 5.61. The number of rotatable bonds is 4. The summed E-state index contributed by atoms with van der Waals surface area (Å²) < 4.78 is 19.5. The normalized spacial score (nSPS) is 18.3. The molecule has 3 rings (SSSR count). The summed E-state index contributed by atoms with van der Waals surface area (Å²) in [5.41, 5.74) is 4.60. The van der Waals surface area contributed by atoms with Gasteiger partial charge in [-0.2, -0.15) is 0 Å².